The van der Waals surface area contributed by atoms with Crippen LogP contribution in [0.3, 0.4) is 0 Å². The fraction of sp³-hybridized carbons (Fsp3) is 0.846. The van der Waals surface area contributed by atoms with Crippen molar-refractivity contribution in [3.63, 3.8) is 0 Å². The molecule has 0 aliphatic heterocycles. The van der Waals surface area contributed by atoms with Crippen molar-refractivity contribution in [1.82, 2.24) is 14.8 Å². The van der Waals surface area contributed by atoms with E-state index < -0.39 is 0 Å². The van der Waals surface area contributed by atoms with Gasteiger partial charge in [-0.2, -0.15) is 11.8 Å². The van der Waals surface area contributed by atoms with E-state index in [1.807, 2.05) is 18.7 Å². The maximum atomic E-state index is 6.27. The van der Waals surface area contributed by atoms with Crippen LogP contribution in [-0.4, -0.2) is 26.8 Å². The topological polar surface area (TPSA) is 56.7 Å². The van der Waals surface area contributed by atoms with Gasteiger partial charge < -0.3 is 10.3 Å². The van der Waals surface area contributed by atoms with Gasteiger partial charge in [-0.3, -0.25) is 0 Å². The van der Waals surface area contributed by atoms with E-state index in [0.717, 1.165) is 23.8 Å². The molecule has 0 radical (unpaired) electrons. The third kappa shape index (κ3) is 3.06. The second-order valence-corrected chi connectivity index (χ2v) is 6.14. The molecule has 5 heteroatoms. The molecule has 102 valence electrons. The van der Waals surface area contributed by atoms with Crippen LogP contribution < -0.4 is 5.73 Å². The van der Waals surface area contributed by atoms with Gasteiger partial charge >= 0.3 is 0 Å². The van der Waals surface area contributed by atoms with E-state index in [4.69, 9.17) is 5.73 Å². The van der Waals surface area contributed by atoms with Gasteiger partial charge in [0.15, 0.2) is 0 Å². The third-order valence-corrected chi connectivity index (χ3v) is 4.44. The molecule has 0 bridgehead atoms. The van der Waals surface area contributed by atoms with Gasteiger partial charge in [0.2, 0.25) is 0 Å². The molecule has 0 aromatic carbocycles. The number of aryl methyl sites for hydroxylation is 1. The molecule has 0 spiro atoms. The largest absolute Gasteiger partial charge is 0.321 e. The van der Waals surface area contributed by atoms with Gasteiger partial charge in [-0.25, -0.2) is 0 Å². The molecule has 1 aromatic heterocycles. The Labute approximate surface area is 114 Å². The molecule has 18 heavy (non-hydrogen) atoms. The summed E-state index contributed by atoms with van der Waals surface area (Å²) in [6.45, 7) is 2.05. The number of thioether (sulfide) groups is 1. The highest BCUT2D eigenvalue weighted by Gasteiger charge is 2.23. The number of nitrogens with zero attached hydrogens (tertiary/aromatic N) is 3. The minimum Gasteiger partial charge on any atom is -0.321 e. The van der Waals surface area contributed by atoms with Crippen LogP contribution in [-0.2, 0) is 0 Å². The van der Waals surface area contributed by atoms with Crippen molar-refractivity contribution < 1.29 is 0 Å². The summed E-state index contributed by atoms with van der Waals surface area (Å²) in [5.74, 6) is 3.10. The van der Waals surface area contributed by atoms with Gasteiger partial charge in [-0.05, 0) is 38.2 Å². The Morgan fingerprint density at radius 1 is 1.33 bits per heavy atom. The first-order valence-corrected chi connectivity index (χ1v) is 8.29. The first kappa shape index (κ1) is 13.9. The smallest absolute Gasteiger partial charge is 0.150 e. The standard InChI is InChI=1S/C13H24N4S/c1-10-15-16-13(12(14)8-9-18-2)17(10)11-6-4-3-5-7-11/h11-12H,3-9,14H2,1-2H3/t12-/m1/s1. The fourth-order valence-electron chi connectivity index (χ4n) is 2.80. The number of hydrogen-bond donors (Lipinski definition) is 1. The summed E-state index contributed by atoms with van der Waals surface area (Å²) in [5, 5.41) is 8.57. The van der Waals surface area contributed by atoms with Gasteiger partial charge in [-0.1, -0.05) is 19.3 Å². The third-order valence-electron chi connectivity index (χ3n) is 3.80. The minimum absolute atomic E-state index is 0.0283. The molecule has 1 saturated carbocycles. The second kappa shape index (κ2) is 6.57. The summed E-state index contributed by atoms with van der Waals surface area (Å²) in [7, 11) is 0. The minimum atomic E-state index is 0.0283. The summed E-state index contributed by atoms with van der Waals surface area (Å²) in [5.41, 5.74) is 6.27. The van der Waals surface area contributed by atoms with Crippen LogP contribution in [0.5, 0.6) is 0 Å². The van der Waals surface area contributed by atoms with E-state index in [-0.39, 0.29) is 6.04 Å². The predicted octanol–water partition coefficient (Wildman–Crippen LogP) is 2.84. The highest BCUT2D eigenvalue weighted by molar-refractivity contribution is 7.98. The fourth-order valence-corrected chi connectivity index (χ4v) is 3.29. The zero-order valence-corrected chi connectivity index (χ0v) is 12.2. The average molecular weight is 268 g/mol. The molecule has 1 aliphatic carbocycles. The van der Waals surface area contributed by atoms with Crippen LogP contribution in [0.15, 0.2) is 0 Å². The molecule has 0 amide bonds. The zero-order chi connectivity index (χ0) is 13.0. The Kier molecular flexibility index (Phi) is 5.06. The Morgan fingerprint density at radius 3 is 2.72 bits per heavy atom. The van der Waals surface area contributed by atoms with Crippen LogP contribution in [0, 0.1) is 6.92 Å². The lowest BCUT2D eigenvalue weighted by atomic mass is 9.95. The number of aromatic nitrogens is 3. The predicted molar refractivity (Wildman–Crippen MR) is 76.8 cm³/mol. The lowest BCUT2D eigenvalue weighted by Gasteiger charge is -2.26. The van der Waals surface area contributed by atoms with Crippen molar-refractivity contribution in [3.8, 4) is 0 Å². The van der Waals surface area contributed by atoms with E-state index >= 15 is 0 Å². The monoisotopic (exact) mass is 268 g/mol. The molecule has 4 nitrogen and oxygen atoms in total. The summed E-state index contributed by atoms with van der Waals surface area (Å²) < 4.78 is 2.31. The molecule has 1 aliphatic rings. The molecule has 2 N–H and O–H groups in total. The molecular formula is C13H24N4S. The number of hydrogen-bond acceptors (Lipinski definition) is 4. The van der Waals surface area contributed by atoms with Crippen LogP contribution >= 0.6 is 11.8 Å². The second-order valence-electron chi connectivity index (χ2n) is 5.16. The molecule has 0 saturated heterocycles. The number of nitrogens with two attached hydrogens (primary N) is 1. The summed E-state index contributed by atoms with van der Waals surface area (Å²) in [4.78, 5) is 0. The van der Waals surface area contributed by atoms with Crippen molar-refractivity contribution in [2.75, 3.05) is 12.0 Å². The lowest BCUT2D eigenvalue weighted by Crippen LogP contribution is -2.22. The Morgan fingerprint density at radius 2 is 2.06 bits per heavy atom. The van der Waals surface area contributed by atoms with Gasteiger partial charge in [0.25, 0.3) is 0 Å². The SMILES string of the molecule is CSCC[C@@H](N)c1nnc(C)n1C1CCCCC1. The molecule has 1 atom stereocenters. The van der Waals surface area contributed by atoms with Crippen LogP contribution in [0.4, 0.5) is 0 Å². The van der Waals surface area contributed by atoms with Crippen molar-refractivity contribution in [3.05, 3.63) is 11.6 Å². The van der Waals surface area contributed by atoms with E-state index in [1.165, 1.54) is 32.1 Å². The first-order chi connectivity index (χ1) is 8.74. The van der Waals surface area contributed by atoms with Crippen LogP contribution in [0.2, 0.25) is 0 Å². The molecular weight excluding hydrogens is 244 g/mol. The van der Waals surface area contributed by atoms with Crippen molar-refractivity contribution in [2.45, 2.75) is 57.5 Å². The van der Waals surface area contributed by atoms with Gasteiger partial charge in [0.05, 0.1) is 6.04 Å². The number of rotatable bonds is 5. The van der Waals surface area contributed by atoms with Crippen molar-refractivity contribution >= 4 is 11.8 Å². The van der Waals surface area contributed by atoms with Crippen LogP contribution in [0.25, 0.3) is 0 Å². The van der Waals surface area contributed by atoms with Crippen molar-refractivity contribution in [2.24, 2.45) is 5.73 Å². The summed E-state index contributed by atoms with van der Waals surface area (Å²) in [6.07, 6.45) is 9.60. The first-order valence-electron chi connectivity index (χ1n) is 6.90. The van der Waals surface area contributed by atoms with E-state index in [0.29, 0.717) is 6.04 Å². The van der Waals surface area contributed by atoms with E-state index in [2.05, 4.69) is 21.0 Å². The van der Waals surface area contributed by atoms with Crippen molar-refractivity contribution in [1.29, 1.82) is 0 Å². The van der Waals surface area contributed by atoms with Gasteiger partial charge in [-0.15, -0.1) is 10.2 Å². The highest BCUT2D eigenvalue weighted by Crippen LogP contribution is 2.31. The summed E-state index contributed by atoms with van der Waals surface area (Å²) in [6, 6.07) is 0.602. The molecule has 1 heterocycles. The van der Waals surface area contributed by atoms with Crippen LogP contribution in [0.1, 0.15) is 62.3 Å². The molecule has 1 fully saturated rings. The maximum Gasteiger partial charge on any atom is 0.150 e. The van der Waals surface area contributed by atoms with Gasteiger partial charge in [0.1, 0.15) is 11.6 Å². The molecule has 0 unspecified atom stereocenters. The Bertz CT molecular complexity index is 371. The highest BCUT2D eigenvalue weighted by atomic mass is 32.2. The van der Waals surface area contributed by atoms with E-state index in [9.17, 15) is 0 Å². The van der Waals surface area contributed by atoms with Gasteiger partial charge in [0, 0.05) is 6.04 Å². The maximum absolute atomic E-state index is 6.27. The molecule has 2 rings (SSSR count). The Balaban J connectivity index is 2.15. The van der Waals surface area contributed by atoms with E-state index in [1.54, 1.807) is 0 Å². The zero-order valence-electron chi connectivity index (χ0n) is 11.4. The summed E-state index contributed by atoms with van der Waals surface area (Å²) >= 11 is 1.84. The normalized spacial score (nSPS) is 19.1. The molecule has 1 aromatic rings. The quantitative estimate of drug-likeness (QED) is 0.892. The average Bonchev–Trinajstić information content (AvgIpc) is 2.79. The lowest BCUT2D eigenvalue weighted by molar-refractivity contribution is 0.335. The Hall–Kier alpha value is -0.550.